The van der Waals surface area contributed by atoms with Crippen molar-refractivity contribution in [3.05, 3.63) is 30.0 Å². The molecule has 1 heterocycles. The molecule has 0 fully saturated rings. The lowest BCUT2D eigenvalue weighted by atomic mass is 10.3. The molecule has 62 valence electrons. The van der Waals surface area contributed by atoms with Crippen molar-refractivity contribution in [2.45, 2.75) is 0 Å². The molecule has 0 spiro atoms. The smallest absolute Gasteiger partial charge is 0.0365 e. The normalized spacial score (nSPS) is 10.9. The zero-order valence-corrected chi connectivity index (χ0v) is 11.9. The van der Waals surface area contributed by atoms with E-state index in [1.165, 1.54) is 18.1 Å². The van der Waals surface area contributed by atoms with Gasteiger partial charge in [0.2, 0.25) is 0 Å². The van der Waals surface area contributed by atoms with Crippen LogP contribution < -0.4 is 0 Å². The third-order valence-electron chi connectivity index (χ3n) is 1.57. The maximum atomic E-state index is 3.51. The van der Waals surface area contributed by atoms with E-state index in [2.05, 4.69) is 72.0 Å². The fourth-order valence-corrected chi connectivity index (χ4v) is 3.59. The van der Waals surface area contributed by atoms with Crippen LogP contribution in [0.3, 0.4) is 0 Å². The Labute approximate surface area is 105 Å². The molecule has 0 saturated carbocycles. The molecule has 0 radical (unpaired) electrons. The molecular weight excluding hydrogens is 415 g/mol. The van der Waals surface area contributed by atoms with Crippen molar-refractivity contribution in [3.63, 3.8) is 0 Å². The van der Waals surface area contributed by atoms with Gasteiger partial charge >= 0.3 is 0 Å². The van der Waals surface area contributed by atoms with E-state index in [9.17, 15) is 0 Å². The van der Waals surface area contributed by atoms with Crippen LogP contribution in [0.25, 0.3) is 10.1 Å². The van der Waals surface area contributed by atoms with Gasteiger partial charge in [0.15, 0.2) is 0 Å². The largest absolute Gasteiger partial charge is 0.143 e. The highest BCUT2D eigenvalue weighted by Gasteiger charge is 2.04. The predicted octanol–water partition coefficient (Wildman–Crippen LogP) is 5.03. The van der Waals surface area contributed by atoms with Gasteiger partial charge in [0.05, 0.1) is 0 Å². The highest BCUT2D eigenvalue weighted by atomic mass is 127. The molecule has 4 heteroatoms. The maximum absolute atomic E-state index is 3.51. The van der Waals surface area contributed by atoms with Gasteiger partial charge in [0, 0.05) is 28.0 Å². The first kappa shape index (κ1) is 9.43. The van der Waals surface area contributed by atoms with Crippen molar-refractivity contribution in [3.8, 4) is 0 Å². The highest BCUT2D eigenvalue weighted by molar-refractivity contribution is 14.1. The minimum atomic E-state index is 1.16. The fraction of sp³-hybridized carbons (Fsp3) is 0. The lowest BCUT2D eigenvalue weighted by Crippen LogP contribution is -1.72. The summed E-state index contributed by atoms with van der Waals surface area (Å²) >= 11 is 11.1. The number of fused-ring (bicyclic) bond motifs is 1. The van der Waals surface area contributed by atoms with Gasteiger partial charge in [0.1, 0.15) is 0 Å². The maximum Gasteiger partial charge on any atom is 0.0365 e. The van der Waals surface area contributed by atoms with Crippen molar-refractivity contribution in [2.75, 3.05) is 0 Å². The van der Waals surface area contributed by atoms with Gasteiger partial charge in [-0.25, -0.2) is 0 Å². The Morgan fingerprint density at radius 3 is 2.67 bits per heavy atom. The number of thiophene rings is 1. The predicted molar refractivity (Wildman–Crippen MR) is 69.9 cm³/mol. The topological polar surface area (TPSA) is 0 Å². The molecule has 2 rings (SSSR count). The van der Waals surface area contributed by atoms with Gasteiger partial charge in [-0.2, -0.15) is 0 Å². The van der Waals surface area contributed by atoms with Crippen molar-refractivity contribution >= 4 is 75.9 Å². The Morgan fingerprint density at radius 2 is 1.92 bits per heavy atom. The summed E-state index contributed by atoms with van der Waals surface area (Å²) < 4.78 is 4.93. The van der Waals surface area contributed by atoms with Crippen LogP contribution in [0.5, 0.6) is 0 Å². The molecule has 2 aromatic rings. The van der Waals surface area contributed by atoms with Crippen molar-refractivity contribution in [1.82, 2.24) is 0 Å². The van der Waals surface area contributed by atoms with Crippen LogP contribution in [0, 0.1) is 3.57 Å². The number of hydrogen-bond donors (Lipinski definition) is 0. The first-order valence-electron chi connectivity index (χ1n) is 3.20. The Morgan fingerprint density at radius 1 is 1.17 bits per heavy atom. The molecule has 0 aliphatic heterocycles. The number of halogens is 3. The molecule has 1 aromatic heterocycles. The van der Waals surface area contributed by atoms with E-state index in [1.54, 1.807) is 11.3 Å². The summed E-state index contributed by atoms with van der Waals surface area (Å²) in [5.41, 5.74) is 0. The van der Waals surface area contributed by atoms with Crippen molar-refractivity contribution < 1.29 is 0 Å². The summed E-state index contributed by atoms with van der Waals surface area (Å²) in [6.45, 7) is 0. The molecule has 0 nitrogen and oxygen atoms in total. The number of hydrogen-bond acceptors (Lipinski definition) is 1. The van der Waals surface area contributed by atoms with E-state index in [0.29, 0.717) is 0 Å². The molecule has 0 N–H and O–H groups in total. The molecule has 0 atom stereocenters. The number of rotatable bonds is 0. The summed E-state index contributed by atoms with van der Waals surface area (Å²) in [7, 11) is 0. The molecule has 0 unspecified atom stereocenters. The third kappa shape index (κ3) is 1.58. The van der Waals surface area contributed by atoms with Gasteiger partial charge in [0.25, 0.3) is 0 Å². The summed E-state index contributed by atoms with van der Waals surface area (Å²) in [6, 6.07) is 4.34. The molecule has 0 amide bonds. The van der Waals surface area contributed by atoms with Gasteiger partial charge in [-0.05, 0) is 66.6 Å². The van der Waals surface area contributed by atoms with E-state index >= 15 is 0 Å². The lowest BCUT2D eigenvalue weighted by molar-refractivity contribution is 1.67. The Bertz CT molecular complexity index is 436. The van der Waals surface area contributed by atoms with Crippen LogP contribution in [0.15, 0.2) is 26.5 Å². The third-order valence-corrected chi connectivity index (χ3v) is 5.76. The molecule has 12 heavy (non-hydrogen) atoms. The quantitative estimate of drug-likeness (QED) is 0.527. The molecular formula is C8H3Br2IS. The SMILES string of the molecule is Brc1cc2c(Br)csc2cc1I. The van der Waals surface area contributed by atoms with Gasteiger partial charge in [-0.3, -0.25) is 0 Å². The van der Waals surface area contributed by atoms with E-state index < -0.39 is 0 Å². The average molecular weight is 418 g/mol. The second kappa shape index (κ2) is 3.55. The summed E-state index contributed by atoms with van der Waals surface area (Å²) in [5, 5.41) is 3.40. The van der Waals surface area contributed by atoms with E-state index in [4.69, 9.17) is 0 Å². The Hall–Kier alpha value is 0.870. The Kier molecular flexibility index (Phi) is 2.79. The fourth-order valence-electron chi connectivity index (χ4n) is 0.991. The zero-order valence-electron chi connectivity index (χ0n) is 5.77. The Balaban J connectivity index is 2.87. The second-order valence-corrected chi connectivity index (χ2v) is 6.13. The standard InChI is InChI=1S/C8H3Br2IS/c9-5-1-4-6(10)3-12-8(4)2-7(5)11/h1-3H. The highest BCUT2D eigenvalue weighted by Crippen LogP contribution is 2.34. The monoisotopic (exact) mass is 416 g/mol. The first-order valence-corrected chi connectivity index (χ1v) is 6.74. The zero-order chi connectivity index (χ0) is 8.72. The molecule has 0 saturated heterocycles. The summed E-state index contributed by atoms with van der Waals surface area (Å²) in [5.74, 6) is 0. The van der Waals surface area contributed by atoms with Gasteiger partial charge in [-0.15, -0.1) is 11.3 Å². The average Bonchev–Trinajstić information content (AvgIpc) is 2.35. The van der Waals surface area contributed by atoms with Gasteiger partial charge in [-0.1, -0.05) is 0 Å². The lowest BCUT2D eigenvalue weighted by Gasteiger charge is -1.96. The van der Waals surface area contributed by atoms with Crippen molar-refractivity contribution in [2.24, 2.45) is 0 Å². The minimum Gasteiger partial charge on any atom is -0.143 e. The second-order valence-electron chi connectivity index (χ2n) is 2.35. The van der Waals surface area contributed by atoms with Crippen LogP contribution >= 0.6 is 65.8 Å². The number of benzene rings is 1. The van der Waals surface area contributed by atoms with E-state index in [-0.39, 0.29) is 0 Å². The molecule has 0 aliphatic rings. The van der Waals surface area contributed by atoms with Gasteiger partial charge < -0.3 is 0 Å². The summed E-state index contributed by atoms with van der Waals surface area (Å²) in [4.78, 5) is 0. The molecule has 0 bridgehead atoms. The van der Waals surface area contributed by atoms with Crippen LogP contribution in [-0.4, -0.2) is 0 Å². The minimum absolute atomic E-state index is 1.16. The van der Waals surface area contributed by atoms with E-state index in [0.717, 1.165) is 4.47 Å². The first-order chi connectivity index (χ1) is 5.68. The van der Waals surface area contributed by atoms with Crippen LogP contribution in [0.2, 0.25) is 0 Å². The summed E-state index contributed by atoms with van der Waals surface area (Å²) in [6.07, 6.45) is 0. The molecule has 1 aromatic carbocycles. The van der Waals surface area contributed by atoms with E-state index in [1.807, 2.05) is 0 Å². The van der Waals surface area contributed by atoms with Crippen LogP contribution in [0.4, 0.5) is 0 Å². The molecule has 0 aliphatic carbocycles. The van der Waals surface area contributed by atoms with Crippen LogP contribution in [-0.2, 0) is 0 Å². The van der Waals surface area contributed by atoms with Crippen molar-refractivity contribution in [1.29, 1.82) is 0 Å². The van der Waals surface area contributed by atoms with Crippen LogP contribution in [0.1, 0.15) is 0 Å².